The highest BCUT2D eigenvalue weighted by Crippen LogP contribution is 2.33. The molecule has 1 atom stereocenters. The monoisotopic (exact) mass is 345 g/mol. The second kappa shape index (κ2) is 8.57. The van der Waals surface area contributed by atoms with Crippen LogP contribution in [-0.4, -0.2) is 35.7 Å². The van der Waals surface area contributed by atoms with Crippen molar-refractivity contribution in [2.24, 2.45) is 5.18 Å². The fourth-order valence-corrected chi connectivity index (χ4v) is 2.23. The Hall–Kier alpha value is -3.23. The van der Waals surface area contributed by atoms with E-state index >= 15 is 0 Å². The molecular weight excluding hydrogens is 326 g/mol. The lowest BCUT2D eigenvalue weighted by atomic mass is 10.1. The van der Waals surface area contributed by atoms with E-state index in [1.54, 1.807) is 6.92 Å². The maximum absolute atomic E-state index is 12.3. The summed E-state index contributed by atoms with van der Waals surface area (Å²) in [6.45, 7) is 1.93. The fourth-order valence-electron chi connectivity index (χ4n) is 2.23. The van der Waals surface area contributed by atoms with Crippen molar-refractivity contribution in [2.75, 3.05) is 24.8 Å². The van der Waals surface area contributed by atoms with Crippen molar-refractivity contribution in [3.05, 3.63) is 40.8 Å². The van der Waals surface area contributed by atoms with Gasteiger partial charge in [0.25, 0.3) is 5.88 Å². The third-order valence-electron chi connectivity index (χ3n) is 3.32. The minimum absolute atomic E-state index is 0.00772. The first-order valence-corrected chi connectivity index (χ1v) is 7.61. The molecule has 0 bridgehead atoms. The number of nitrogens with one attached hydrogen (secondary N) is 1. The van der Waals surface area contributed by atoms with Crippen LogP contribution in [0.4, 0.5) is 17.5 Å². The molecule has 25 heavy (non-hydrogen) atoms. The Balaban J connectivity index is 2.34. The second-order valence-electron chi connectivity index (χ2n) is 5.02. The highest BCUT2D eigenvalue weighted by atomic mass is 16.5. The van der Waals surface area contributed by atoms with Crippen LogP contribution >= 0.6 is 0 Å². The molecule has 0 amide bonds. The predicted molar refractivity (Wildman–Crippen MR) is 92.6 cm³/mol. The van der Waals surface area contributed by atoms with Crippen molar-refractivity contribution in [3.63, 3.8) is 0 Å². The second-order valence-corrected chi connectivity index (χ2v) is 5.02. The Morgan fingerprint density at radius 2 is 2.04 bits per heavy atom. The third kappa shape index (κ3) is 4.63. The van der Waals surface area contributed by atoms with Crippen molar-refractivity contribution in [3.8, 4) is 5.88 Å². The van der Waals surface area contributed by atoms with Gasteiger partial charge in [0, 0.05) is 6.42 Å². The first kappa shape index (κ1) is 18.1. The summed E-state index contributed by atoms with van der Waals surface area (Å²) in [6.07, 6.45) is 0.324. The van der Waals surface area contributed by atoms with Crippen LogP contribution in [0, 0.1) is 4.91 Å². The molecule has 0 saturated heterocycles. The van der Waals surface area contributed by atoms with E-state index in [0.717, 1.165) is 5.56 Å². The number of anilines is 2. The first-order chi connectivity index (χ1) is 12.1. The molecule has 0 radical (unpaired) electrons. The predicted octanol–water partition coefficient (Wildman–Crippen LogP) is 2.05. The first-order valence-electron chi connectivity index (χ1n) is 7.61. The molecule has 0 aliphatic heterocycles. The zero-order valence-electron chi connectivity index (χ0n) is 13.9. The van der Waals surface area contributed by atoms with Gasteiger partial charge in [-0.3, -0.25) is 0 Å². The van der Waals surface area contributed by atoms with Crippen LogP contribution in [0.25, 0.3) is 0 Å². The number of nitroso groups, excluding NO2 is 1. The van der Waals surface area contributed by atoms with Gasteiger partial charge in [-0.05, 0) is 17.7 Å². The van der Waals surface area contributed by atoms with E-state index in [-0.39, 0.29) is 29.9 Å². The Bertz CT molecular complexity index is 739. The average molecular weight is 345 g/mol. The molecule has 0 unspecified atom stereocenters. The molecule has 2 rings (SSSR count). The number of aromatic nitrogens is 2. The summed E-state index contributed by atoms with van der Waals surface area (Å²) in [5.41, 5.74) is 6.36. The summed E-state index contributed by atoms with van der Waals surface area (Å²) in [4.78, 5) is 31.2. The molecule has 0 aliphatic rings. The maximum Gasteiger partial charge on any atom is 0.328 e. The lowest BCUT2D eigenvalue weighted by Crippen LogP contribution is -2.34. The quantitative estimate of drug-likeness (QED) is 0.549. The molecule has 1 heterocycles. The molecule has 1 aromatic carbocycles. The van der Waals surface area contributed by atoms with Gasteiger partial charge in [0.1, 0.15) is 6.04 Å². The zero-order valence-corrected chi connectivity index (χ0v) is 13.9. The number of hydrogen-bond donors (Lipinski definition) is 2. The number of carbonyl (C=O) groups is 1. The zero-order chi connectivity index (χ0) is 18.2. The Morgan fingerprint density at radius 3 is 2.64 bits per heavy atom. The molecule has 0 fully saturated rings. The maximum atomic E-state index is 12.3. The number of carbonyl (C=O) groups excluding carboxylic acids is 1. The van der Waals surface area contributed by atoms with E-state index in [1.807, 2.05) is 30.3 Å². The average Bonchev–Trinajstić information content (AvgIpc) is 2.61. The molecule has 3 N–H and O–H groups in total. The molecule has 0 aliphatic carbocycles. The van der Waals surface area contributed by atoms with Crippen LogP contribution in [0.1, 0.15) is 12.5 Å². The number of nitrogens with two attached hydrogens (primary N) is 1. The number of hydrogen-bond acceptors (Lipinski definition) is 9. The van der Waals surface area contributed by atoms with Gasteiger partial charge in [-0.25, -0.2) is 4.79 Å². The lowest BCUT2D eigenvalue weighted by molar-refractivity contribution is -0.144. The minimum Gasteiger partial charge on any atom is -0.479 e. The van der Waals surface area contributed by atoms with E-state index < -0.39 is 12.0 Å². The summed E-state index contributed by atoms with van der Waals surface area (Å²) in [5.74, 6) is -0.672. The van der Waals surface area contributed by atoms with Gasteiger partial charge >= 0.3 is 5.97 Å². The molecule has 0 saturated carbocycles. The minimum atomic E-state index is -0.790. The van der Waals surface area contributed by atoms with E-state index in [4.69, 9.17) is 15.2 Å². The molecule has 132 valence electrons. The highest BCUT2D eigenvalue weighted by Gasteiger charge is 2.24. The lowest BCUT2D eigenvalue weighted by Gasteiger charge is -2.19. The number of nitrogens with zero attached hydrogens (tertiary/aromatic N) is 3. The van der Waals surface area contributed by atoms with Crippen molar-refractivity contribution in [2.45, 2.75) is 19.4 Å². The van der Waals surface area contributed by atoms with Gasteiger partial charge in [0.15, 0.2) is 5.82 Å². The van der Waals surface area contributed by atoms with Crippen LogP contribution in [0.2, 0.25) is 0 Å². The van der Waals surface area contributed by atoms with E-state index in [0.29, 0.717) is 6.42 Å². The Kier molecular flexibility index (Phi) is 6.21. The van der Waals surface area contributed by atoms with Gasteiger partial charge in [0.05, 0.1) is 13.7 Å². The number of ether oxygens (including phenoxy) is 2. The number of nitrogen functional groups attached to an aromatic ring is 1. The van der Waals surface area contributed by atoms with Gasteiger partial charge in [-0.1, -0.05) is 30.3 Å². The van der Waals surface area contributed by atoms with Crippen LogP contribution in [0.5, 0.6) is 5.88 Å². The molecule has 1 aromatic heterocycles. The summed E-state index contributed by atoms with van der Waals surface area (Å²) in [6, 6.07) is 8.56. The van der Waals surface area contributed by atoms with Crippen molar-refractivity contribution < 1.29 is 14.3 Å². The van der Waals surface area contributed by atoms with Crippen molar-refractivity contribution in [1.82, 2.24) is 9.97 Å². The summed E-state index contributed by atoms with van der Waals surface area (Å²) >= 11 is 0. The Morgan fingerprint density at radius 1 is 1.32 bits per heavy atom. The molecule has 9 heteroatoms. The molecular formula is C16H19N5O4. The number of benzene rings is 1. The molecule has 9 nitrogen and oxygen atoms in total. The van der Waals surface area contributed by atoms with Crippen LogP contribution in [0.3, 0.4) is 0 Å². The van der Waals surface area contributed by atoms with Crippen LogP contribution in [-0.2, 0) is 16.0 Å². The van der Waals surface area contributed by atoms with Gasteiger partial charge in [-0.15, -0.1) is 4.91 Å². The third-order valence-corrected chi connectivity index (χ3v) is 3.32. The molecule has 2 aromatic rings. The van der Waals surface area contributed by atoms with Crippen molar-refractivity contribution >= 4 is 23.4 Å². The number of methoxy groups -OCH3 is 1. The number of rotatable bonds is 8. The van der Waals surface area contributed by atoms with Crippen molar-refractivity contribution in [1.29, 1.82) is 0 Å². The van der Waals surface area contributed by atoms with Crippen LogP contribution < -0.4 is 15.8 Å². The number of esters is 1. The van der Waals surface area contributed by atoms with E-state index in [2.05, 4.69) is 20.5 Å². The van der Waals surface area contributed by atoms with Gasteiger partial charge < -0.3 is 20.5 Å². The SMILES string of the molecule is CCOC(=O)[C@H](Cc1ccccc1)Nc1nc(N)nc(OC)c1N=O. The normalized spacial score (nSPS) is 11.4. The highest BCUT2D eigenvalue weighted by molar-refractivity contribution is 5.81. The fraction of sp³-hybridized carbons (Fsp3) is 0.312. The summed E-state index contributed by atoms with van der Waals surface area (Å²) in [7, 11) is 1.33. The van der Waals surface area contributed by atoms with Crippen LogP contribution in [0.15, 0.2) is 35.5 Å². The summed E-state index contributed by atoms with van der Waals surface area (Å²) < 4.78 is 10.1. The van der Waals surface area contributed by atoms with E-state index in [9.17, 15) is 9.70 Å². The van der Waals surface area contributed by atoms with Gasteiger partial charge in [0.2, 0.25) is 11.6 Å². The summed E-state index contributed by atoms with van der Waals surface area (Å²) in [5, 5.41) is 5.75. The van der Waals surface area contributed by atoms with Gasteiger partial charge in [-0.2, -0.15) is 9.97 Å². The Labute approximate surface area is 144 Å². The smallest absolute Gasteiger partial charge is 0.328 e. The molecule has 0 spiro atoms. The standard InChI is InChI=1S/C16H19N5O4/c1-3-25-15(22)11(9-10-7-5-4-6-8-10)18-13-12(21-23)14(24-2)20-16(17)19-13/h4-8,11H,3,9H2,1-2H3,(H3,17,18,19,20)/t11-/m0/s1. The van der Waals surface area contributed by atoms with E-state index in [1.165, 1.54) is 7.11 Å². The topological polar surface area (TPSA) is 129 Å². The largest absolute Gasteiger partial charge is 0.479 e.